The summed E-state index contributed by atoms with van der Waals surface area (Å²) in [7, 11) is 3.22. The van der Waals surface area contributed by atoms with Crippen molar-refractivity contribution in [3.05, 3.63) is 53.7 Å². The molecule has 6 N–H and O–H groups in total. The number of aryl methyl sites for hydroxylation is 1. The molecule has 1 aromatic heterocycles. The van der Waals surface area contributed by atoms with Gasteiger partial charge in [-0.1, -0.05) is 18.2 Å². The molecule has 0 aliphatic carbocycles. The summed E-state index contributed by atoms with van der Waals surface area (Å²) in [6.45, 7) is 2.86. The highest BCUT2D eigenvalue weighted by atomic mass is 16.5. The van der Waals surface area contributed by atoms with Crippen molar-refractivity contribution in [1.82, 2.24) is 25.7 Å². The van der Waals surface area contributed by atoms with Gasteiger partial charge >= 0.3 is 0 Å². The van der Waals surface area contributed by atoms with Crippen LogP contribution in [0.2, 0.25) is 0 Å². The number of anilines is 1. The molecule has 0 radical (unpaired) electrons. The minimum absolute atomic E-state index is 0.0431. The zero-order valence-corrected chi connectivity index (χ0v) is 27.4. The van der Waals surface area contributed by atoms with Gasteiger partial charge in [-0.2, -0.15) is 5.10 Å². The van der Waals surface area contributed by atoms with Gasteiger partial charge in [-0.15, -0.1) is 0 Å². The fraction of sp³-hybridized carbons (Fsp3) is 0.469. The normalized spacial score (nSPS) is 10.9. The van der Waals surface area contributed by atoms with Crippen LogP contribution in [0.1, 0.15) is 27.3 Å². The Morgan fingerprint density at radius 2 is 1.40 bits per heavy atom. The number of ether oxygens (including phenoxy) is 5. The highest BCUT2D eigenvalue weighted by molar-refractivity contribution is 6.11. The standard InChI is InChI=1S/C32H45N7O9/c1-39-26-7-4-3-6-24(26)30(38-39)32(43)37-23-8-9-27(44-2)25(20-23)31(42)36-13-15-46-17-19-48-22-29(41)35-12-14-45-16-18-47-21-28(40)34-11-5-10-33/h3-4,6-9,20H,5,10-19,21-22,33H2,1-2H3,(H,34,40)(H,35,41)(H,36,42)(H,37,43). The van der Waals surface area contributed by atoms with Gasteiger partial charge in [0.25, 0.3) is 11.8 Å². The third kappa shape index (κ3) is 12.9. The van der Waals surface area contributed by atoms with Gasteiger partial charge in [-0.3, -0.25) is 23.9 Å². The minimum atomic E-state index is -0.402. The monoisotopic (exact) mass is 671 g/mol. The quantitative estimate of drug-likeness (QED) is 0.0862. The number of nitrogens with two attached hydrogens (primary N) is 1. The second-order valence-electron chi connectivity index (χ2n) is 10.3. The molecule has 0 atom stereocenters. The molecule has 0 saturated heterocycles. The topological polar surface area (TPSA) is 206 Å². The number of amides is 4. The van der Waals surface area contributed by atoms with E-state index in [1.165, 1.54) is 13.2 Å². The summed E-state index contributed by atoms with van der Waals surface area (Å²) in [5.41, 5.74) is 7.12. The first-order valence-electron chi connectivity index (χ1n) is 15.6. The van der Waals surface area contributed by atoms with Gasteiger partial charge in [0.05, 0.1) is 57.8 Å². The van der Waals surface area contributed by atoms with Crippen LogP contribution in [0.4, 0.5) is 5.69 Å². The summed E-state index contributed by atoms with van der Waals surface area (Å²) in [4.78, 5) is 49.2. The van der Waals surface area contributed by atoms with Crippen LogP contribution >= 0.6 is 0 Å². The predicted molar refractivity (Wildman–Crippen MR) is 177 cm³/mol. The van der Waals surface area contributed by atoms with Gasteiger partial charge in [-0.05, 0) is 37.2 Å². The number of hydrogen-bond donors (Lipinski definition) is 5. The largest absolute Gasteiger partial charge is 0.496 e. The number of nitrogens with one attached hydrogen (secondary N) is 4. The third-order valence-electron chi connectivity index (χ3n) is 6.69. The fourth-order valence-electron chi connectivity index (χ4n) is 4.33. The average Bonchev–Trinajstić information content (AvgIpc) is 3.43. The number of para-hydroxylation sites is 1. The summed E-state index contributed by atoms with van der Waals surface area (Å²) in [5, 5.41) is 16.0. The molecule has 1 heterocycles. The van der Waals surface area contributed by atoms with Crippen molar-refractivity contribution in [2.45, 2.75) is 6.42 Å². The molecule has 2 aromatic carbocycles. The van der Waals surface area contributed by atoms with Gasteiger partial charge in [0.1, 0.15) is 19.0 Å². The van der Waals surface area contributed by atoms with Crippen LogP contribution in [-0.2, 0) is 35.6 Å². The number of carbonyl (C=O) groups is 4. The number of hydrogen-bond acceptors (Lipinski definition) is 11. The highest BCUT2D eigenvalue weighted by Gasteiger charge is 2.18. The van der Waals surface area contributed by atoms with Crippen LogP contribution in [0, 0.1) is 0 Å². The molecule has 262 valence electrons. The predicted octanol–water partition coefficient (Wildman–Crippen LogP) is 0.212. The molecule has 0 aliphatic heterocycles. The van der Waals surface area contributed by atoms with Crippen molar-refractivity contribution >= 4 is 40.2 Å². The Balaban J connectivity index is 1.24. The Morgan fingerprint density at radius 1 is 0.771 bits per heavy atom. The summed E-state index contributed by atoms with van der Waals surface area (Å²) < 4.78 is 28.3. The number of fused-ring (bicyclic) bond motifs is 1. The zero-order chi connectivity index (χ0) is 34.6. The summed E-state index contributed by atoms with van der Waals surface area (Å²) in [5.74, 6) is -0.955. The van der Waals surface area contributed by atoms with E-state index in [2.05, 4.69) is 26.4 Å². The van der Waals surface area contributed by atoms with Crippen molar-refractivity contribution in [3.63, 3.8) is 0 Å². The molecule has 3 rings (SSSR count). The number of methoxy groups -OCH3 is 1. The minimum Gasteiger partial charge on any atom is -0.496 e. The van der Waals surface area contributed by atoms with Gasteiger partial charge in [0.15, 0.2) is 5.69 Å². The summed E-state index contributed by atoms with van der Waals surface area (Å²) >= 11 is 0. The van der Waals surface area contributed by atoms with E-state index in [0.29, 0.717) is 50.7 Å². The highest BCUT2D eigenvalue weighted by Crippen LogP contribution is 2.24. The maximum absolute atomic E-state index is 13.0. The molecule has 0 aliphatic rings. The molecule has 0 spiro atoms. The van der Waals surface area contributed by atoms with E-state index >= 15 is 0 Å². The fourth-order valence-corrected chi connectivity index (χ4v) is 4.33. The molecule has 3 aromatic rings. The van der Waals surface area contributed by atoms with Crippen molar-refractivity contribution < 1.29 is 42.9 Å². The van der Waals surface area contributed by atoms with Crippen molar-refractivity contribution in [2.24, 2.45) is 12.8 Å². The Bertz CT molecular complexity index is 1480. The maximum atomic E-state index is 13.0. The van der Waals surface area contributed by atoms with Crippen molar-refractivity contribution in [1.29, 1.82) is 0 Å². The molecule has 16 nitrogen and oxygen atoms in total. The SMILES string of the molecule is COc1ccc(NC(=O)c2nn(C)c3ccccc23)cc1C(=O)NCCOCCOCC(=O)NCCOCCOCC(=O)NCCCN. The Labute approximate surface area is 278 Å². The first-order valence-corrected chi connectivity index (χ1v) is 15.6. The molecule has 4 amide bonds. The Hall–Kier alpha value is -4.61. The molecular formula is C32H45N7O9. The van der Waals surface area contributed by atoms with Crippen LogP contribution < -0.4 is 31.7 Å². The van der Waals surface area contributed by atoms with E-state index in [1.807, 2.05) is 24.3 Å². The van der Waals surface area contributed by atoms with Gasteiger partial charge in [0.2, 0.25) is 11.8 Å². The third-order valence-corrected chi connectivity index (χ3v) is 6.69. The number of nitrogens with zero attached hydrogens (tertiary/aromatic N) is 2. The molecule has 0 unspecified atom stereocenters. The van der Waals surface area contributed by atoms with Crippen LogP contribution in [0.3, 0.4) is 0 Å². The van der Waals surface area contributed by atoms with Gasteiger partial charge in [-0.25, -0.2) is 0 Å². The van der Waals surface area contributed by atoms with E-state index in [-0.39, 0.29) is 69.3 Å². The van der Waals surface area contributed by atoms with Crippen LogP contribution in [0.5, 0.6) is 5.75 Å². The Morgan fingerprint density at radius 3 is 2.06 bits per heavy atom. The van der Waals surface area contributed by atoms with Gasteiger partial charge in [0, 0.05) is 37.8 Å². The lowest BCUT2D eigenvalue weighted by Gasteiger charge is -2.12. The number of benzene rings is 2. The molecular weight excluding hydrogens is 626 g/mol. The lowest BCUT2D eigenvalue weighted by atomic mass is 10.1. The number of rotatable bonds is 23. The molecule has 0 bridgehead atoms. The lowest BCUT2D eigenvalue weighted by Crippen LogP contribution is -2.32. The molecule has 16 heteroatoms. The van der Waals surface area contributed by atoms with E-state index in [0.717, 1.165) is 10.9 Å². The van der Waals surface area contributed by atoms with Crippen LogP contribution in [0.25, 0.3) is 10.9 Å². The lowest BCUT2D eigenvalue weighted by molar-refractivity contribution is -0.127. The van der Waals surface area contributed by atoms with E-state index in [9.17, 15) is 19.2 Å². The maximum Gasteiger partial charge on any atom is 0.276 e. The molecule has 0 fully saturated rings. The zero-order valence-electron chi connectivity index (χ0n) is 27.4. The average molecular weight is 672 g/mol. The van der Waals surface area contributed by atoms with Gasteiger partial charge < -0.3 is 50.7 Å². The second-order valence-corrected chi connectivity index (χ2v) is 10.3. The summed E-state index contributed by atoms with van der Waals surface area (Å²) in [6, 6.07) is 12.2. The van der Waals surface area contributed by atoms with E-state index < -0.39 is 11.8 Å². The molecule has 0 saturated carbocycles. The Kier molecular flexibility index (Phi) is 16.8. The van der Waals surface area contributed by atoms with E-state index in [1.54, 1.807) is 23.9 Å². The van der Waals surface area contributed by atoms with Crippen LogP contribution in [-0.4, -0.2) is 120 Å². The molecule has 48 heavy (non-hydrogen) atoms. The second kappa shape index (κ2) is 21.3. The summed E-state index contributed by atoms with van der Waals surface area (Å²) in [6.07, 6.45) is 0.715. The first-order chi connectivity index (χ1) is 23.3. The van der Waals surface area contributed by atoms with Crippen LogP contribution in [0.15, 0.2) is 42.5 Å². The first kappa shape index (κ1) is 37.8. The smallest absolute Gasteiger partial charge is 0.276 e. The van der Waals surface area contributed by atoms with E-state index in [4.69, 9.17) is 29.4 Å². The van der Waals surface area contributed by atoms with Crippen molar-refractivity contribution in [2.75, 3.05) is 91.5 Å². The van der Waals surface area contributed by atoms with Crippen molar-refractivity contribution in [3.8, 4) is 5.75 Å². The number of aromatic nitrogens is 2. The number of carbonyl (C=O) groups excluding carboxylic acids is 4.